The van der Waals surface area contributed by atoms with E-state index in [1.54, 1.807) is 13.0 Å². The Kier molecular flexibility index (Phi) is 5.32. The molecule has 32 heavy (non-hydrogen) atoms. The summed E-state index contributed by atoms with van der Waals surface area (Å²) in [6, 6.07) is 7.88. The van der Waals surface area contributed by atoms with Crippen molar-refractivity contribution in [3.63, 3.8) is 0 Å². The standard InChI is InChI=1S/C20H15F4N3O3S2/c1-10-3-8-14-15(16(10)21)9-31-18-17(14)27(25-19(18)20(22,23)24)12-4-6-13(7-5-12)32(29,30)26-11(2)28/h3-8H,9H2,1-2H3,(H,26,28). The molecule has 0 unspecified atom stereocenters. The summed E-state index contributed by atoms with van der Waals surface area (Å²) < 4.78 is 82.9. The molecule has 4 rings (SSSR count). The number of nitrogens with one attached hydrogen (secondary N) is 1. The van der Waals surface area contributed by atoms with Crippen LogP contribution >= 0.6 is 11.8 Å². The maximum atomic E-state index is 14.7. The zero-order chi connectivity index (χ0) is 23.4. The summed E-state index contributed by atoms with van der Waals surface area (Å²) >= 11 is 0.851. The number of hydrogen-bond acceptors (Lipinski definition) is 5. The minimum absolute atomic E-state index is 0.0263. The third-order valence-electron chi connectivity index (χ3n) is 4.83. The van der Waals surface area contributed by atoms with Crippen molar-refractivity contribution in [2.24, 2.45) is 0 Å². The van der Waals surface area contributed by atoms with Gasteiger partial charge in [-0.15, -0.1) is 11.8 Å². The van der Waals surface area contributed by atoms with Crippen LogP contribution in [0.2, 0.25) is 0 Å². The van der Waals surface area contributed by atoms with Gasteiger partial charge in [0.05, 0.1) is 21.2 Å². The zero-order valence-corrected chi connectivity index (χ0v) is 18.3. The van der Waals surface area contributed by atoms with Crippen molar-refractivity contribution >= 4 is 27.7 Å². The van der Waals surface area contributed by atoms with Crippen LogP contribution in [0.1, 0.15) is 23.7 Å². The highest BCUT2D eigenvalue weighted by molar-refractivity contribution is 7.98. The van der Waals surface area contributed by atoms with Crippen molar-refractivity contribution in [3.8, 4) is 16.9 Å². The average molecular weight is 485 g/mol. The van der Waals surface area contributed by atoms with Crippen molar-refractivity contribution in [1.82, 2.24) is 14.5 Å². The summed E-state index contributed by atoms with van der Waals surface area (Å²) in [5.74, 6) is -1.24. The molecule has 1 N–H and O–H groups in total. The van der Waals surface area contributed by atoms with Gasteiger partial charge in [-0.1, -0.05) is 12.1 Å². The Morgan fingerprint density at radius 3 is 2.41 bits per heavy atom. The third kappa shape index (κ3) is 3.77. The van der Waals surface area contributed by atoms with E-state index in [4.69, 9.17) is 0 Å². The number of aryl methyl sites for hydroxylation is 1. The number of amides is 1. The van der Waals surface area contributed by atoms with Crippen LogP contribution in [0.15, 0.2) is 46.2 Å². The van der Waals surface area contributed by atoms with Crippen LogP contribution in [-0.2, 0) is 26.7 Å². The van der Waals surface area contributed by atoms with E-state index in [9.17, 15) is 30.8 Å². The van der Waals surface area contributed by atoms with Crippen molar-refractivity contribution in [2.75, 3.05) is 0 Å². The smallest absolute Gasteiger partial charge is 0.274 e. The highest BCUT2D eigenvalue weighted by Crippen LogP contribution is 2.49. The van der Waals surface area contributed by atoms with Gasteiger partial charge in [0, 0.05) is 23.8 Å². The van der Waals surface area contributed by atoms with Gasteiger partial charge in [0.15, 0.2) is 5.69 Å². The van der Waals surface area contributed by atoms with E-state index in [-0.39, 0.29) is 32.5 Å². The molecule has 0 saturated heterocycles. The van der Waals surface area contributed by atoms with Crippen LogP contribution in [0.3, 0.4) is 0 Å². The first kappa shape index (κ1) is 22.3. The number of halogens is 4. The SMILES string of the molecule is CC(=O)NS(=O)(=O)c1ccc(-n2nc(C(F)(F)F)c3c2-c2ccc(C)c(F)c2CS3)cc1. The largest absolute Gasteiger partial charge is 0.436 e. The van der Waals surface area contributed by atoms with Crippen LogP contribution in [0.4, 0.5) is 17.6 Å². The Morgan fingerprint density at radius 2 is 1.81 bits per heavy atom. The quantitative estimate of drug-likeness (QED) is 0.555. The molecule has 0 bridgehead atoms. The Bertz CT molecular complexity index is 1350. The Morgan fingerprint density at radius 1 is 1.16 bits per heavy atom. The number of fused-ring (bicyclic) bond motifs is 3. The molecule has 1 aromatic heterocycles. The number of carbonyl (C=O) groups is 1. The predicted molar refractivity (Wildman–Crippen MR) is 109 cm³/mol. The van der Waals surface area contributed by atoms with E-state index in [2.05, 4.69) is 5.10 Å². The minimum atomic E-state index is -4.74. The minimum Gasteiger partial charge on any atom is -0.274 e. The highest BCUT2D eigenvalue weighted by atomic mass is 32.2. The summed E-state index contributed by atoms with van der Waals surface area (Å²) in [6.07, 6.45) is -4.74. The van der Waals surface area contributed by atoms with E-state index in [1.165, 1.54) is 18.2 Å². The highest BCUT2D eigenvalue weighted by Gasteiger charge is 2.42. The summed E-state index contributed by atoms with van der Waals surface area (Å²) in [5, 5.41) is 3.75. The second-order valence-corrected chi connectivity index (χ2v) is 9.77. The lowest BCUT2D eigenvalue weighted by molar-refractivity contribution is -0.143. The molecule has 1 aliphatic heterocycles. The van der Waals surface area contributed by atoms with Gasteiger partial charge in [-0.2, -0.15) is 18.3 Å². The Labute approximate surface area is 184 Å². The van der Waals surface area contributed by atoms with Crippen LogP contribution in [0, 0.1) is 12.7 Å². The van der Waals surface area contributed by atoms with Gasteiger partial charge in [-0.25, -0.2) is 22.2 Å². The van der Waals surface area contributed by atoms with Crippen LogP contribution in [-0.4, -0.2) is 24.1 Å². The lowest BCUT2D eigenvalue weighted by atomic mass is 10.0. The molecule has 2 heterocycles. The normalized spacial score (nSPS) is 13.4. The fourth-order valence-corrected chi connectivity index (χ4v) is 5.60. The van der Waals surface area contributed by atoms with E-state index >= 15 is 0 Å². The number of alkyl halides is 3. The van der Waals surface area contributed by atoms with Crippen molar-refractivity contribution in [2.45, 2.75) is 35.6 Å². The van der Waals surface area contributed by atoms with Gasteiger partial charge >= 0.3 is 6.18 Å². The number of nitrogens with zero attached hydrogens (tertiary/aromatic N) is 2. The average Bonchev–Trinajstić information content (AvgIpc) is 3.10. The van der Waals surface area contributed by atoms with Crippen LogP contribution in [0.25, 0.3) is 16.9 Å². The fraction of sp³-hybridized carbons (Fsp3) is 0.200. The van der Waals surface area contributed by atoms with Crippen LogP contribution < -0.4 is 4.72 Å². The van der Waals surface area contributed by atoms with Gasteiger partial charge in [-0.3, -0.25) is 4.79 Å². The number of rotatable bonds is 3. The first-order valence-electron chi connectivity index (χ1n) is 9.15. The van der Waals surface area contributed by atoms with Crippen molar-refractivity contribution in [1.29, 1.82) is 0 Å². The second-order valence-electron chi connectivity index (χ2n) is 7.10. The molecule has 0 saturated carbocycles. The third-order valence-corrected chi connectivity index (χ3v) is 7.39. The number of hydrogen-bond donors (Lipinski definition) is 1. The summed E-state index contributed by atoms with van der Waals surface area (Å²) in [4.78, 5) is 10.7. The van der Waals surface area contributed by atoms with Crippen molar-refractivity contribution in [3.05, 3.63) is 59.0 Å². The molecular formula is C20H15F4N3O3S2. The molecule has 12 heteroatoms. The first-order chi connectivity index (χ1) is 14.9. The fourth-order valence-electron chi connectivity index (χ4n) is 3.41. The van der Waals surface area contributed by atoms with E-state index in [0.717, 1.165) is 35.5 Å². The lowest BCUT2D eigenvalue weighted by Crippen LogP contribution is -2.28. The molecular weight excluding hydrogens is 470 g/mol. The maximum absolute atomic E-state index is 14.7. The molecule has 0 atom stereocenters. The molecule has 2 aromatic carbocycles. The maximum Gasteiger partial charge on any atom is 0.436 e. The summed E-state index contributed by atoms with van der Waals surface area (Å²) in [6.45, 7) is 2.61. The molecule has 3 aromatic rings. The number of benzene rings is 2. The van der Waals surface area contributed by atoms with Crippen LogP contribution in [0.5, 0.6) is 0 Å². The summed E-state index contributed by atoms with van der Waals surface area (Å²) in [7, 11) is -4.12. The number of carbonyl (C=O) groups excluding carboxylic acids is 1. The molecule has 1 aliphatic rings. The van der Waals surface area contributed by atoms with E-state index < -0.39 is 33.6 Å². The van der Waals surface area contributed by atoms with Gasteiger partial charge in [-0.05, 0) is 36.8 Å². The number of sulfonamides is 1. The first-order valence-corrected chi connectivity index (χ1v) is 11.6. The molecule has 0 radical (unpaired) electrons. The van der Waals surface area contributed by atoms with Gasteiger partial charge in [0.2, 0.25) is 5.91 Å². The zero-order valence-electron chi connectivity index (χ0n) is 16.6. The van der Waals surface area contributed by atoms with Gasteiger partial charge in [0.25, 0.3) is 10.0 Å². The Balaban J connectivity index is 1.90. The van der Waals surface area contributed by atoms with Gasteiger partial charge in [0.1, 0.15) is 5.82 Å². The molecule has 0 fully saturated rings. The topological polar surface area (TPSA) is 81.1 Å². The Hall–Kier alpha value is -2.86. The number of thioether (sulfide) groups is 1. The predicted octanol–water partition coefficient (Wildman–Crippen LogP) is 4.44. The second kappa shape index (κ2) is 7.62. The molecule has 0 aliphatic carbocycles. The van der Waals surface area contributed by atoms with Crippen molar-refractivity contribution < 1.29 is 30.8 Å². The summed E-state index contributed by atoms with van der Waals surface area (Å²) in [5.41, 5.74) is 0.0800. The monoisotopic (exact) mass is 485 g/mol. The molecule has 0 spiro atoms. The molecule has 1 amide bonds. The van der Waals surface area contributed by atoms with Gasteiger partial charge < -0.3 is 0 Å². The molecule has 168 valence electrons. The molecule has 6 nitrogen and oxygen atoms in total. The number of aromatic nitrogens is 2. The van der Waals surface area contributed by atoms with E-state index in [0.29, 0.717) is 11.1 Å². The lowest BCUT2D eigenvalue weighted by Gasteiger charge is -2.20. The van der Waals surface area contributed by atoms with E-state index in [1.807, 2.05) is 4.72 Å².